The third-order valence-electron chi connectivity index (χ3n) is 4.26. The normalized spacial score (nSPS) is 20.6. The Hall–Kier alpha value is -0.860. The van der Waals surface area contributed by atoms with Crippen molar-refractivity contribution >= 4 is 0 Å². The first-order valence-corrected chi connectivity index (χ1v) is 7.04. The lowest BCUT2D eigenvalue weighted by molar-refractivity contribution is -0.124. The highest BCUT2D eigenvalue weighted by Crippen LogP contribution is 2.35. The maximum Gasteiger partial charge on any atom is 0.0936 e. The van der Waals surface area contributed by atoms with Crippen molar-refractivity contribution in [2.75, 3.05) is 7.11 Å². The van der Waals surface area contributed by atoms with Crippen LogP contribution < -0.4 is 0 Å². The van der Waals surface area contributed by atoms with Crippen LogP contribution in [0.15, 0.2) is 30.3 Å². The molecule has 0 radical (unpaired) electrons. The van der Waals surface area contributed by atoms with Gasteiger partial charge in [-0.1, -0.05) is 49.6 Å². The smallest absolute Gasteiger partial charge is 0.0936 e. The standard InChI is InChI=1S/C16H24O2/c1-18-16(12-6-3-7-13-16)15(17)11-10-14-8-4-2-5-9-14/h2,4-5,8-9,15,17H,3,6-7,10-13H2,1H3. The fraction of sp³-hybridized carbons (Fsp3) is 0.625. The summed E-state index contributed by atoms with van der Waals surface area (Å²) in [6, 6.07) is 10.4. The number of ether oxygens (including phenoxy) is 1. The van der Waals surface area contributed by atoms with Crippen LogP contribution in [-0.2, 0) is 11.2 Å². The second kappa shape index (κ2) is 6.35. The number of aryl methyl sites for hydroxylation is 1. The van der Waals surface area contributed by atoms with E-state index in [1.165, 1.54) is 24.8 Å². The summed E-state index contributed by atoms with van der Waals surface area (Å²) >= 11 is 0. The lowest BCUT2D eigenvalue weighted by Crippen LogP contribution is -2.46. The van der Waals surface area contributed by atoms with E-state index in [4.69, 9.17) is 4.74 Å². The number of hydrogen-bond donors (Lipinski definition) is 1. The van der Waals surface area contributed by atoms with Gasteiger partial charge in [0.25, 0.3) is 0 Å². The van der Waals surface area contributed by atoms with Gasteiger partial charge in [-0.2, -0.15) is 0 Å². The number of aliphatic hydroxyl groups is 1. The van der Waals surface area contributed by atoms with E-state index in [9.17, 15) is 5.11 Å². The molecule has 1 saturated carbocycles. The van der Waals surface area contributed by atoms with E-state index in [0.717, 1.165) is 25.7 Å². The zero-order valence-electron chi connectivity index (χ0n) is 11.3. The van der Waals surface area contributed by atoms with Gasteiger partial charge in [0.15, 0.2) is 0 Å². The highest BCUT2D eigenvalue weighted by Gasteiger charge is 2.38. The third kappa shape index (κ3) is 3.12. The van der Waals surface area contributed by atoms with E-state index in [1.54, 1.807) is 7.11 Å². The van der Waals surface area contributed by atoms with Gasteiger partial charge >= 0.3 is 0 Å². The molecule has 0 saturated heterocycles. The predicted octanol–water partition coefficient (Wildman–Crippen LogP) is 3.33. The van der Waals surface area contributed by atoms with Gasteiger partial charge in [-0.15, -0.1) is 0 Å². The number of hydrogen-bond acceptors (Lipinski definition) is 2. The van der Waals surface area contributed by atoms with E-state index < -0.39 is 0 Å². The van der Waals surface area contributed by atoms with E-state index in [-0.39, 0.29) is 11.7 Å². The van der Waals surface area contributed by atoms with E-state index in [1.807, 2.05) is 6.07 Å². The van der Waals surface area contributed by atoms with Gasteiger partial charge in [-0.25, -0.2) is 0 Å². The molecule has 1 fully saturated rings. The molecule has 0 bridgehead atoms. The summed E-state index contributed by atoms with van der Waals surface area (Å²) in [4.78, 5) is 0. The van der Waals surface area contributed by atoms with Crippen molar-refractivity contribution < 1.29 is 9.84 Å². The molecule has 0 heterocycles. The molecule has 1 aliphatic carbocycles. The van der Waals surface area contributed by atoms with E-state index in [0.29, 0.717) is 0 Å². The van der Waals surface area contributed by atoms with Crippen molar-refractivity contribution in [3.8, 4) is 0 Å². The molecule has 2 rings (SSSR count). The highest BCUT2D eigenvalue weighted by molar-refractivity contribution is 5.15. The van der Waals surface area contributed by atoms with Gasteiger partial charge in [0.05, 0.1) is 11.7 Å². The van der Waals surface area contributed by atoms with Crippen LogP contribution >= 0.6 is 0 Å². The summed E-state index contributed by atoms with van der Waals surface area (Å²) in [7, 11) is 1.75. The molecule has 0 aromatic heterocycles. The van der Waals surface area contributed by atoms with Gasteiger partial charge in [0.1, 0.15) is 0 Å². The maximum absolute atomic E-state index is 10.5. The van der Waals surface area contributed by atoms with Crippen molar-refractivity contribution in [1.29, 1.82) is 0 Å². The first-order chi connectivity index (χ1) is 8.77. The molecule has 0 amide bonds. The fourth-order valence-corrected chi connectivity index (χ4v) is 3.03. The first kappa shape index (κ1) is 13.6. The number of methoxy groups -OCH3 is 1. The van der Waals surface area contributed by atoms with Gasteiger partial charge in [-0.05, 0) is 31.2 Å². The molecule has 0 aliphatic heterocycles. The predicted molar refractivity (Wildman–Crippen MR) is 73.6 cm³/mol. The van der Waals surface area contributed by atoms with Crippen molar-refractivity contribution in [2.24, 2.45) is 0 Å². The maximum atomic E-state index is 10.5. The summed E-state index contributed by atoms with van der Waals surface area (Å²) in [6.07, 6.45) is 7.00. The Morgan fingerprint density at radius 2 is 1.83 bits per heavy atom. The Balaban J connectivity index is 1.91. The van der Waals surface area contributed by atoms with Crippen molar-refractivity contribution in [3.05, 3.63) is 35.9 Å². The molecule has 18 heavy (non-hydrogen) atoms. The minimum Gasteiger partial charge on any atom is -0.390 e. The molecule has 1 aliphatic rings. The third-order valence-corrected chi connectivity index (χ3v) is 4.26. The van der Waals surface area contributed by atoms with Gasteiger partial charge in [0, 0.05) is 7.11 Å². The zero-order valence-corrected chi connectivity index (χ0v) is 11.3. The first-order valence-electron chi connectivity index (χ1n) is 7.04. The van der Waals surface area contributed by atoms with Crippen LogP contribution in [0.1, 0.15) is 44.1 Å². The molecular weight excluding hydrogens is 224 g/mol. The highest BCUT2D eigenvalue weighted by atomic mass is 16.5. The Labute approximate surface area is 110 Å². The van der Waals surface area contributed by atoms with Crippen molar-refractivity contribution in [3.63, 3.8) is 0 Å². The Kier molecular flexibility index (Phi) is 4.79. The van der Waals surface area contributed by atoms with Crippen LogP contribution in [0.5, 0.6) is 0 Å². The van der Waals surface area contributed by atoms with Crippen molar-refractivity contribution in [1.82, 2.24) is 0 Å². The second-order valence-corrected chi connectivity index (χ2v) is 5.37. The summed E-state index contributed by atoms with van der Waals surface area (Å²) in [5.41, 5.74) is 1.01. The Morgan fingerprint density at radius 1 is 1.17 bits per heavy atom. The van der Waals surface area contributed by atoms with Crippen LogP contribution in [0.2, 0.25) is 0 Å². The molecule has 2 nitrogen and oxygen atoms in total. The molecule has 1 aromatic carbocycles. The average Bonchev–Trinajstić information content (AvgIpc) is 2.46. The number of rotatable bonds is 5. The van der Waals surface area contributed by atoms with Crippen LogP contribution in [0.25, 0.3) is 0 Å². The zero-order chi connectivity index (χ0) is 12.8. The molecule has 1 aromatic rings. The van der Waals surface area contributed by atoms with Crippen molar-refractivity contribution in [2.45, 2.75) is 56.7 Å². The van der Waals surface area contributed by atoms with Crippen LogP contribution in [0.3, 0.4) is 0 Å². The van der Waals surface area contributed by atoms with Crippen LogP contribution in [0, 0.1) is 0 Å². The molecule has 2 heteroatoms. The fourth-order valence-electron chi connectivity index (χ4n) is 3.03. The second-order valence-electron chi connectivity index (χ2n) is 5.37. The molecule has 1 atom stereocenters. The van der Waals surface area contributed by atoms with Gasteiger partial charge in [-0.3, -0.25) is 0 Å². The topological polar surface area (TPSA) is 29.5 Å². The average molecular weight is 248 g/mol. The van der Waals surface area contributed by atoms with Crippen LogP contribution in [-0.4, -0.2) is 23.9 Å². The van der Waals surface area contributed by atoms with E-state index >= 15 is 0 Å². The largest absolute Gasteiger partial charge is 0.390 e. The lowest BCUT2D eigenvalue weighted by atomic mass is 9.79. The number of benzene rings is 1. The van der Waals surface area contributed by atoms with E-state index in [2.05, 4.69) is 24.3 Å². The van der Waals surface area contributed by atoms with Gasteiger partial charge < -0.3 is 9.84 Å². The lowest BCUT2D eigenvalue weighted by Gasteiger charge is -2.40. The summed E-state index contributed by atoms with van der Waals surface area (Å²) in [5.74, 6) is 0. The minimum absolute atomic E-state index is 0.285. The van der Waals surface area contributed by atoms with Crippen LogP contribution in [0.4, 0.5) is 0 Å². The molecular formula is C16H24O2. The molecule has 0 spiro atoms. The molecule has 1 N–H and O–H groups in total. The minimum atomic E-state index is -0.344. The summed E-state index contributed by atoms with van der Waals surface area (Å²) in [6.45, 7) is 0. The molecule has 1 unspecified atom stereocenters. The SMILES string of the molecule is COC1(C(O)CCc2ccccc2)CCCCC1. The summed E-state index contributed by atoms with van der Waals surface area (Å²) in [5, 5.41) is 10.5. The quantitative estimate of drug-likeness (QED) is 0.866. The Morgan fingerprint density at radius 3 is 2.44 bits per heavy atom. The molecule has 100 valence electrons. The number of aliphatic hydroxyl groups excluding tert-OH is 1. The Bertz CT molecular complexity index is 341. The monoisotopic (exact) mass is 248 g/mol. The summed E-state index contributed by atoms with van der Waals surface area (Å²) < 4.78 is 5.68. The van der Waals surface area contributed by atoms with Gasteiger partial charge in [0.2, 0.25) is 0 Å².